The molecule has 310 valence electrons. The van der Waals surface area contributed by atoms with Crippen molar-refractivity contribution in [2.45, 2.75) is 50.2 Å². The molecule has 3 N–H and O–H groups in total. The van der Waals surface area contributed by atoms with E-state index < -0.39 is 35.5 Å². The lowest BCUT2D eigenvalue weighted by molar-refractivity contribution is -0.136. The van der Waals surface area contributed by atoms with Crippen molar-refractivity contribution in [2.75, 3.05) is 61.9 Å². The van der Waals surface area contributed by atoms with Crippen molar-refractivity contribution in [2.24, 2.45) is 5.92 Å². The van der Waals surface area contributed by atoms with Gasteiger partial charge in [-0.2, -0.15) is 0 Å². The number of rotatable bonds is 11. The highest BCUT2D eigenvalue weighted by Gasteiger charge is 2.47. The van der Waals surface area contributed by atoms with Gasteiger partial charge in [0, 0.05) is 73.6 Å². The molecule has 3 unspecified atom stereocenters. The molecule has 9 rings (SSSR count). The maximum Gasteiger partial charge on any atom is 0.262 e. The number of hydrogen-bond donors (Lipinski definition) is 3. The summed E-state index contributed by atoms with van der Waals surface area (Å²) < 4.78 is 19.3. The Labute approximate surface area is 349 Å². The number of imide groups is 2. The number of amides is 5. The molecule has 1 aromatic heterocycles. The predicted molar refractivity (Wildman–Crippen MR) is 222 cm³/mol. The van der Waals surface area contributed by atoms with Crippen LogP contribution >= 0.6 is 11.6 Å². The number of halogens is 2. The van der Waals surface area contributed by atoms with Crippen molar-refractivity contribution in [3.8, 4) is 5.75 Å². The first-order valence-electron chi connectivity index (χ1n) is 20.1. The lowest BCUT2D eigenvalue weighted by Crippen LogP contribution is -2.54. The highest BCUT2D eigenvalue weighted by molar-refractivity contribution is 6.31. The van der Waals surface area contributed by atoms with Gasteiger partial charge >= 0.3 is 0 Å². The van der Waals surface area contributed by atoms with Crippen LogP contribution in [0.15, 0.2) is 67.0 Å². The molecule has 5 amide bonds. The molecule has 6 heterocycles. The average molecular weight is 836 g/mol. The highest BCUT2D eigenvalue weighted by Crippen LogP contribution is 2.39. The van der Waals surface area contributed by atoms with Crippen molar-refractivity contribution in [3.63, 3.8) is 0 Å². The lowest BCUT2D eigenvalue weighted by Gasteiger charge is -2.39. The van der Waals surface area contributed by atoms with Gasteiger partial charge in [-0.15, -0.1) is 0 Å². The van der Waals surface area contributed by atoms with E-state index in [1.165, 1.54) is 31.6 Å². The molecule has 0 radical (unpaired) electrons. The minimum absolute atomic E-state index is 0.0213. The van der Waals surface area contributed by atoms with Gasteiger partial charge in [0.25, 0.3) is 11.8 Å². The van der Waals surface area contributed by atoms with E-state index in [1.807, 2.05) is 12.1 Å². The van der Waals surface area contributed by atoms with E-state index in [-0.39, 0.29) is 23.8 Å². The lowest BCUT2D eigenvalue weighted by atomic mass is 9.95. The molecule has 0 saturated carbocycles. The second-order valence-electron chi connectivity index (χ2n) is 16.0. The summed E-state index contributed by atoms with van der Waals surface area (Å²) in [5, 5.41) is 8.91. The Bertz CT molecular complexity index is 2460. The molecule has 15 nitrogen and oxygen atoms in total. The fraction of sp³-hybridized carbons (Fsp3) is 0.372. The van der Waals surface area contributed by atoms with Gasteiger partial charge in [0.2, 0.25) is 17.7 Å². The number of carbonyl (C=O) groups is 5. The van der Waals surface area contributed by atoms with Gasteiger partial charge in [-0.3, -0.25) is 44.0 Å². The van der Waals surface area contributed by atoms with E-state index in [9.17, 15) is 28.4 Å². The van der Waals surface area contributed by atoms with Gasteiger partial charge in [-0.1, -0.05) is 17.7 Å². The highest BCUT2D eigenvalue weighted by atomic mass is 35.5. The normalized spacial score (nSPS) is 22.3. The van der Waals surface area contributed by atoms with Crippen molar-refractivity contribution in [1.82, 2.24) is 30.0 Å². The number of ether oxygens (including phenoxy) is 1. The SMILES string of the molecule is COc1cc2ncnc(Nc3ccc(F)c(Cl)c3)c2cc1NC(=O)/C=C/CN1CCC(CN2CC3CC2CN3c2ccc3c(c2)C(=O)N(C2CCC(=O)NC2=O)C3=O)CC1. The van der Waals surface area contributed by atoms with Gasteiger partial charge in [0.15, 0.2) is 0 Å². The zero-order valence-electron chi connectivity index (χ0n) is 32.8. The molecular weight excluding hydrogens is 793 g/mol. The Morgan fingerprint density at radius 3 is 2.55 bits per heavy atom. The zero-order chi connectivity index (χ0) is 41.7. The molecule has 60 heavy (non-hydrogen) atoms. The van der Waals surface area contributed by atoms with Crippen LogP contribution in [0.4, 0.5) is 27.3 Å². The van der Waals surface area contributed by atoms with Crippen LogP contribution in [-0.4, -0.2) is 119 Å². The quantitative estimate of drug-likeness (QED) is 0.140. The minimum Gasteiger partial charge on any atom is -0.494 e. The molecule has 2 bridgehead atoms. The second-order valence-corrected chi connectivity index (χ2v) is 16.4. The number of aromatic nitrogens is 2. The van der Waals surface area contributed by atoms with Gasteiger partial charge in [-0.25, -0.2) is 14.4 Å². The Hall–Kier alpha value is -5.97. The molecule has 0 spiro atoms. The van der Waals surface area contributed by atoms with Gasteiger partial charge < -0.3 is 20.3 Å². The summed E-state index contributed by atoms with van der Waals surface area (Å²) in [6.07, 6.45) is 8.21. The van der Waals surface area contributed by atoms with Crippen molar-refractivity contribution in [1.29, 1.82) is 0 Å². The molecule has 4 fully saturated rings. The fourth-order valence-corrected chi connectivity index (χ4v) is 9.43. The van der Waals surface area contributed by atoms with Crippen LogP contribution < -0.4 is 25.6 Å². The van der Waals surface area contributed by atoms with Crippen molar-refractivity contribution < 1.29 is 33.1 Å². The van der Waals surface area contributed by atoms with E-state index in [4.69, 9.17) is 16.3 Å². The van der Waals surface area contributed by atoms with E-state index in [0.717, 1.165) is 62.6 Å². The summed E-state index contributed by atoms with van der Waals surface area (Å²) in [7, 11) is 1.52. The summed E-state index contributed by atoms with van der Waals surface area (Å²) in [6.45, 7) is 5.35. The molecule has 4 saturated heterocycles. The Balaban J connectivity index is 0.747. The Morgan fingerprint density at radius 2 is 1.80 bits per heavy atom. The first-order valence-corrected chi connectivity index (χ1v) is 20.5. The molecular formula is C43H43ClFN9O6. The number of benzene rings is 3. The third-order valence-corrected chi connectivity index (χ3v) is 12.6. The second kappa shape index (κ2) is 16.2. The summed E-state index contributed by atoms with van der Waals surface area (Å²) in [5.74, 6) is -1.34. The molecule has 5 aliphatic heterocycles. The van der Waals surface area contributed by atoms with Crippen LogP contribution in [0.25, 0.3) is 10.9 Å². The van der Waals surface area contributed by atoms with E-state index in [1.54, 1.807) is 30.3 Å². The molecule has 17 heteroatoms. The standard InChI is InChI=1S/C43H43ClFN9O6/c1-60-37-19-34-31(40(47-23-46-34)48-25-4-7-33(45)32(44)15-25)18-35(37)49-38(55)3-2-12-51-13-10-24(11-14-51)20-52-21-28-16-27(52)22-53(28)26-5-6-29-30(17-26)43(59)54(42(29)58)36-8-9-39(56)50-41(36)57/h2-7,15,17-19,23-24,27-28,36H,8-14,16,20-22H2,1H3,(H,49,55)(H,46,47,48)(H,50,56,57)/b3-2+. The third-order valence-electron chi connectivity index (χ3n) is 12.3. The van der Waals surface area contributed by atoms with Crippen molar-refractivity contribution in [3.05, 3.63) is 89.0 Å². The van der Waals surface area contributed by atoms with Crippen LogP contribution in [-0.2, 0) is 14.4 Å². The van der Waals surface area contributed by atoms with Crippen LogP contribution in [0.2, 0.25) is 5.02 Å². The van der Waals surface area contributed by atoms with Crippen LogP contribution in [0, 0.1) is 11.7 Å². The van der Waals surface area contributed by atoms with E-state index in [2.05, 4.69) is 40.6 Å². The molecule has 3 aromatic carbocycles. The topological polar surface area (TPSA) is 169 Å². The maximum atomic E-state index is 13.7. The number of methoxy groups -OCH3 is 1. The summed E-state index contributed by atoms with van der Waals surface area (Å²) in [4.78, 5) is 80.8. The monoisotopic (exact) mass is 835 g/mol. The summed E-state index contributed by atoms with van der Waals surface area (Å²) in [6, 6.07) is 12.9. The van der Waals surface area contributed by atoms with Crippen LogP contribution in [0.3, 0.4) is 0 Å². The fourth-order valence-electron chi connectivity index (χ4n) is 9.25. The number of nitrogens with zero attached hydrogens (tertiary/aromatic N) is 6. The predicted octanol–water partition coefficient (Wildman–Crippen LogP) is 4.75. The zero-order valence-corrected chi connectivity index (χ0v) is 33.6. The molecule has 0 aliphatic carbocycles. The van der Waals surface area contributed by atoms with Crippen molar-refractivity contribution >= 4 is 74.9 Å². The van der Waals surface area contributed by atoms with Gasteiger partial charge in [0.05, 0.1) is 34.5 Å². The summed E-state index contributed by atoms with van der Waals surface area (Å²) in [5.41, 5.74) is 3.09. The molecule has 3 atom stereocenters. The minimum atomic E-state index is -0.981. The Morgan fingerprint density at radius 1 is 0.983 bits per heavy atom. The first-order chi connectivity index (χ1) is 29.0. The van der Waals surface area contributed by atoms with Crippen LogP contribution in [0.5, 0.6) is 5.75 Å². The average Bonchev–Trinajstić information content (AvgIpc) is 3.91. The number of carbonyl (C=O) groups excluding carboxylic acids is 5. The number of hydrogen-bond acceptors (Lipinski definition) is 12. The number of fused-ring (bicyclic) bond motifs is 4. The van der Waals surface area contributed by atoms with Crippen LogP contribution in [0.1, 0.15) is 52.8 Å². The smallest absolute Gasteiger partial charge is 0.262 e. The number of nitrogens with one attached hydrogen (secondary N) is 3. The summed E-state index contributed by atoms with van der Waals surface area (Å²) >= 11 is 5.97. The first kappa shape index (κ1) is 39.5. The number of likely N-dealkylation sites (tertiary alicyclic amines) is 2. The largest absolute Gasteiger partial charge is 0.494 e. The Kier molecular flexibility index (Phi) is 10.7. The third kappa shape index (κ3) is 7.66. The molecule has 5 aliphatic rings. The van der Waals surface area contributed by atoms with E-state index >= 15 is 0 Å². The number of piperazine rings is 1. The molecule has 4 aromatic rings. The number of anilines is 4. The van der Waals surface area contributed by atoms with Gasteiger partial charge in [0.1, 0.15) is 29.8 Å². The maximum absolute atomic E-state index is 13.7. The van der Waals surface area contributed by atoms with Gasteiger partial charge in [-0.05, 0) is 87.2 Å². The van der Waals surface area contributed by atoms with E-state index in [0.29, 0.717) is 69.5 Å². The number of piperidine rings is 2.